The van der Waals surface area contributed by atoms with Crippen molar-refractivity contribution in [2.75, 3.05) is 13.6 Å². The Morgan fingerprint density at radius 3 is 2.52 bits per heavy atom. The molecule has 0 unspecified atom stereocenters. The molecule has 3 saturated carbocycles. The number of amidine groups is 1. The second-order valence-electron chi connectivity index (χ2n) is 11.6. The Morgan fingerprint density at radius 2 is 1.90 bits per heavy atom. The normalized spacial score (nSPS) is 31.3. The van der Waals surface area contributed by atoms with E-state index >= 15 is 0 Å². The highest BCUT2D eigenvalue weighted by atomic mass is 35.5. The van der Waals surface area contributed by atoms with E-state index in [1.54, 1.807) is 0 Å². The number of benzene rings is 1. The summed E-state index contributed by atoms with van der Waals surface area (Å²) in [6, 6.07) is 5.92. The molecule has 1 atom stereocenters. The lowest BCUT2D eigenvalue weighted by Crippen LogP contribution is -2.77. The van der Waals surface area contributed by atoms with Gasteiger partial charge in [0.2, 0.25) is 0 Å². The van der Waals surface area contributed by atoms with Crippen molar-refractivity contribution in [2.24, 2.45) is 20.8 Å². The fourth-order valence-corrected chi connectivity index (χ4v) is 5.44. The number of hydrogen-bond donors (Lipinski definition) is 2. The van der Waals surface area contributed by atoms with Crippen LogP contribution in [-0.2, 0) is 6.54 Å². The van der Waals surface area contributed by atoms with Crippen molar-refractivity contribution < 1.29 is 0 Å². The predicted octanol–water partition coefficient (Wildman–Crippen LogP) is 5.12. The summed E-state index contributed by atoms with van der Waals surface area (Å²) in [5.41, 5.74) is 1.76. The van der Waals surface area contributed by atoms with Crippen molar-refractivity contribution in [3.8, 4) is 0 Å². The van der Waals surface area contributed by atoms with Crippen LogP contribution in [0.25, 0.3) is 0 Å². The molecule has 170 valence electrons. The highest BCUT2D eigenvalue weighted by molar-refractivity contribution is 6.42. The van der Waals surface area contributed by atoms with Crippen molar-refractivity contribution in [1.82, 2.24) is 15.5 Å². The Balaban J connectivity index is 1.35. The van der Waals surface area contributed by atoms with Crippen LogP contribution in [-0.4, -0.2) is 47.9 Å². The predicted molar refractivity (Wildman–Crippen MR) is 131 cm³/mol. The van der Waals surface area contributed by atoms with E-state index in [9.17, 15) is 0 Å². The fraction of sp³-hybridized carbons (Fsp3) is 0.667. The van der Waals surface area contributed by atoms with Gasteiger partial charge in [-0.25, -0.2) is 4.99 Å². The van der Waals surface area contributed by atoms with Gasteiger partial charge in [0.05, 0.1) is 21.9 Å². The van der Waals surface area contributed by atoms with Gasteiger partial charge in [-0.2, -0.15) is 0 Å². The van der Waals surface area contributed by atoms with E-state index in [2.05, 4.69) is 68.3 Å². The first kappa shape index (κ1) is 22.9. The summed E-state index contributed by atoms with van der Waals surface area (Å²) in [7, 11) is 2.22. The van der Waals surface area contributed by atoms with Crippen molar-refractivity contribution in [2.45, 2.75) is 77.7 Å². The zero-order valence-corrected chi connectivity index (χ0v) is 21.0. The molecule has 7 heteroatoms. The van der Waals surface area contributed by atoms with Crippen LogP contribution in [0.1, 0.15) is 59.4 Å². The van der Waals surface area contributed by atoms with Crippen molar-refractivity contribution in [3.05, 3.63) is 33.8 Å². The Morgan fingerprint density at radius 1 is 1.23 bits per heavy atom. The molecule has 5 rings (SSSR count). The first-order chi connectivity index (χ1) is 14.3. The van der Waals surface area contributed by atoms with Gasteiger partial charge in [-0.15, -0.1) is 0 Å². The Kier molecular flexibility index (Phi) is 5.64. The monoisotopic (exact) mass is 463 g/mol. The van der Waals surface area contributed by atoms with Crippen LogP contribution in [0, 0.1) is 10.8 Å². The Hall–Kier alpha value is -1.30. The second-order valence-corrected chi connectivity index (χ2v) is 12.4. The third kappa shape index (κ3) is 4.34. The van der Waals surface area contributed by atoms with E-state index in [0.29, 0.717) is 10.0 Å². The summed E-state index contributed by atoms with van der Waals surface area (Å²) in [4.78, 5) is 12.1. The van der Waals surface area contributed by atoms with Crippen LogP contribution in [0.4, 0.5) is 0 Å². The number of hydrogen-bond acceptors (Lipinski definition) is 4. The molecule has 2 bridgehead atoms. The van der Waals surface area contributed by atoms with E-state index in [0.717, 1.165) is 32.4 Å². The van der Waals surface area contributed by atoms with Crippen LogP contribution < -0.4 is 10.6 Å². The second kappa shape index (κ2) is 7.64. The van der Waals surface area contributed by atoms with Gasteiger partial charge in [-0.1, -0.05) is 50.0 Å². The molecule has 1 aliphatic heterocycles. The molecule has 3 aliphatic carbocycles. The lowest BCUT2D eigenvalue weighted by molar-refractivity contribution is -0.175. The summed E-state index contributed by atoms with van der Waals surface area (Å²) < 4.78 is 0. The smallest absolute Gasteiger partial charge is 0.144 e. The highest BCUT2D eigenvalue weighted by Gasteiger charge is 2.72. The van der Waals surface area contributed by atoms with Gasteiger partial charge in [-0.3, -0.25) is 9.89 Å². The molecule has 1 aromatic carbocycles. The summed E-state index contributed by atoms with van der Waals surface area (Å²) in [6.45, 7) is 12.7. The van der Waals surface area contributed by atoms with Gasteiger partial charge in [0.25, 0.3) is 0 Å². The minimum absolute atomic E-state index is 0.00475. The molecule has 1 heterocycles. The molecule has 0 spiro atoms. The third-order valence-electron chi connectivity index (χ3n) is 6.99. The van der Waals surface area contributed by atoms with Crippen molar-refractivity contribution in [3.63, 3.8) is 0 Å². The quantitative estimate of drug-likeness (QED) is 0.435. The molecule has 4 aliphatic rings. The highest BCUT2D eigenvalue weighted by Crippen LogP contribution is 2.70. The summed E-state index contributed by atoms with van der Waals surface area (Å²) in [5.74, 6) is 1.17. The third-order valence-corrected chi connectivity index (χ3v) is 7.73. The Bertz CT molecular complexity index is 895. The number of halogens is 2. The molecule has 0 amide bonds. The molecular weight excluding hydrogens is 429 g/mol. The average Bonchev–Trinajstić information content (AvgIpc) is 2.86. The SMILES string of the molecule is CN(Cc1ccc(Cl)c(Cl)c1)C12CC(C3=N[C@@H](NC=NCC(C)(C)C)C(C)(C)N3)(C1)C2. The van der Waals surface area contributed by atoms with Crippen molar-refractivity contribution in [1.29, 1.82) is 0 Å². The number of aliphatic imine (C=N–C) groups is 2. The van der Waals surface area contributed by atoms with E-state index in [-0.39, 0.29) is 28.1 Å². The molecule has 3 fully saturated rings. The van der Waals surface area contributed by atoms with Crippen LogP contribution >= 0.6 is 23.2 Å². The maximum absolute atomic E-state index is 6.20. The van der Waals surface area contributed by atoms with Crippen LogP contribution in [0.3, 0.4) is 0 Å². The van der Waals surface area contributed by atoms with Gasteiger partial charge in [-0.05, 0) is 63.3 Å². The van der Waals surface area contributed by atoms with E-state index in [1.165, 1.54) is 11.4 Å². The van der Waals surface area contributed by atoms with Gasteiger partial charge < -0.3 is 10.6 Å². The lowest BCUT2D eigenvalue weighted by Gasteiger charge is -2.73. The number of nitrogens with one attached hydrogen (secondary N) is 2. The molecule has 1 aromatic rings. The van der Waals surface area contributed by atoms with E-state index in [1.807, 2.05) is 18.5 Å². The maximum Gasteiger partial charge on any atom is 0.144 e. The molecule has 2 N–H and O–H groups in total. The van der Waals surface area contributed by atoms with E-state index in [4.69, 9.17) is 28.2 Å². The fourth-order valence-electron chi connectivity index (χ4n) is 5.12. The van der Waals surface area contributed by atoms with Crippen LogP contribution in [0.5, 0.6) is 0 Å². The average molecular weight is 464 g/mol. The maximum atomic E-state index is 6.20. The van der Waals surface area contributed by atoms with Gasteiger partial charge in [0.1, 0.15) is 12.0 Å². The topological polar surface area (TPSA) is 52.0 Å². The summed E-state index contributed by atoms with van der Waals surface area (Å²) in [6.07, 6.45) is 5.31. The molecule has 31 heavy (non-hydrogen) atoms. The molecular formula is C24H35Cl2N5. The van der Waals surface area contributed by atoms with Gasteiger partial charge in [0, 0.05) is 24.0 Å². The molecule has 0 radical (unpaired) electrons. The zero-order chi connectivity index (χ0) is 22.7. The van der Waals surface area contributed by atoms with Crippen molar-refractivity contribution >= 4 is 35.4 Å². The van der Waals surface area contributed by atoms with Crippen LogP contribution in [0.15, 0.2) is 28.2 Å². The van der Waals surface area contributed by atoms with Crippen LogP contribution in [0.2, 0.25) is 10.0 Å². The van der Waals surface area contributed by atoms with Gasteiger partial charge in [0.15, 0.2) is 0 Å². The summed E-state index contributed by atoms with van der Waals surface area (Å²) in [5, 5.41) is 8.36. The summed E-state index contributed by atoms with van der Waals surface area (Å²) >= 11 is 12.3. The first-order valence-electron chi connectivity index (χ1n) is 11.1. The minimum atomic E-state index is -0.127. The number of nitrogens with zero attached hydrogens (tertiary/aromatic N) is 3. The zero-order valence-electron chi connectivity index (χ0n) is 19.5. The lowest BCUT2D eigenvalue weighted by atomic mass is 9.38. The molecule has 0 aromatic heterocycles. The molecule has 5 nitrogen and oxygen atoms in total. The molecule has 0 saturated heterocycles. The number of rotatable bonds is 7. The standard InChI is InChI=1S/C24H35Cl2N5/c1-21(2,3)14-27-15-28-19-22(4,5)30-20(29-19)23-11-24(12-23,13-23)31(6)10-16-7-8-17(25)18(26)9-16/h7-9,15,19H,10-14H2,1-6H3,(H,27,28)(H,29,30)/t19-,23?,24?/m1/s1. The minimum Gasteiger partial charge on any atom is -0.364 e. The van der Waals surface area contributed by atoms with Gasteiger partial charge >= 0.3 is 0 Å². The largest absolute Gasteiger partial charge is 0.364 e. The Labute approximate surface area is 196 Å². The first-order valence-corrected chi connectivity index (χ1v) is 11.9. The van der Waals surface area contributed by atoms with E-state index < -0.39 is 0 Å².